The van der Waals surface area contributed by atoms with E-state index in [1.165, 1.54) is 11.3 Å². The molecule has 0 unspecified atom stereocenters. The summed E-state index contributed by atoms with van der Waals surface area (Å²) in [6, 6.07) is 0. The number of allylic oxidation sites excluding steroid dienone is 1. The van der Waals surface area contributed by atoms with Crippen LogP contribution >= 0.6 is 11.8 Å². The zero-order chi connectivity index (χ0) is 7.82. The van der Waals surface area contributed by atoms with E-state index in [-0.39, 0.29) is 0 Å². The van der Waals surface area contributed by atoms with Gasteiger partial charge in [0.25, 0.3) is 0 Å². The van der Waals surface area contributed by atoms with Crippen LogP contribution in [0.4, 0.5) is 0 Å². The number of nitrogens with two attached hydrogens (primary N) is 1. The molecule has 10 heavy (non-hydrogen) atoms. The zero-order valence-electron chi connectivity index (χ0n) is 6.89. The van der Waals surface area contributed by atoms with E-state index in [4.69, 9.17) is 5.73 Å². The van der Waals surface area contributed by atoms with Crippen LogP contribution in [0.15, 0.2) is 11.6 Å². The zero-order valence-corrected chi connectivity index (χ0v) is 7.71. The van der Waals surface area contributed by atoms with Gasteiger partial charge in [0, 0.05) is 5.75 Å². The van der Waals surface area contributed by atoms with E-state index >= 15 is 0 Å². The summed E-state index contributed by atoms with van der Waals surface area (Å²) >= 11 is 1.96. The Bertz CT molecular complexity index is 99.4. The van der Waals surface area contributed by atoms with Crippen molar-refractivity contribution in [3.63, 3.8) is 0 Å². The maximum Gasteiger partial charge on any atom is 0.0140 e. The molecular formula is C8H17NS. The van der Waals surface area contributed by atoms with Gasteiger partial charge in [-0.25, -0.2) is 0 Å². The van der Waals surface area contributed by atoms with Gasteiger partial charge in [0.1, 0.15) is 0 Å². The fraction of sp³-hybridized carbons (Fsp3) is 0.750. The summed E-state index contributed by atoms with van der Waals surface area (Å²) in [7, 11) is 0. The highest BCUT2D eigenvalue weighted by molar-refractivity contribution is 7.99. The Morgan fingerprint density at radius 3 is 2.80 bits per heavy atom. The molecule has 0 aliphatic heterocycles. The minimum atomic E-state index is 0.821. The van der Waals surface area contributed by atoms with Gasteiger partial charge in [-0.15, -0.1) is 0 Å². The van der Waals surface area contributed by atoms with E-state index in [0.717, 1.165) is 18.7 Å². The molecule has 0 aromatic heterocycles. The lowest BCUT2D eigenvalue weighted by molar-refractivity contribution is 0.943. The SMILES string of the molecule is CC=C(C)CSCCCN. The summed E-state index contributed by atoms with van der Waals surface area (Å²) in [5.41, 5.74) is 6.81. The highest BCUT2D eigenvalue weighted by atomic mass is 32.2. The van der Waals surface area contributed by atoms with Gasteiger partial charge >= 0.3 is 0 Å². The molecule has 0 aromatic carbocycles. The summed E-state index contributed by atoms with van der Waals surface area (Å²) in [6.45, 7) is 5.07. The van der Waals surface area contributed by atoms with Crippen LogP contribution in [0.3, 0.4) is 0 Å². The number of thioether (sulfide) groups is 1. The predicted octanol–water partition coefficient (Wildman–Crippen LogP) is 2.03. The van der Waals surface area contributed by atoms with Crippen LogP contribution < -0.4 is 5.73 Å². The van der Waals surface area contributed by atoms with Crippen molar-refractivity contribution in [1.29, 1.82) is 0 Å². The topological polar surface area (TPSA) is 26.0 Å². The highest BCUT2D eigenvalue weighted by Gasteiger charge is 1.88. The molecule has 0 rings (SSSR count). The minimum absolute atomic E-state index is 0.821. The smallest absolute Gasteiger partial charge is 0.0140 e. The summed E-state index contributed by atoms with van der Waals surface area (Å²) < 4.78 is 0. The Labute approximate surface area is 68.1 Å². The summed E-state index contributed by atoms with van der Waals surface area (Å²) in [6.07, 6.45) is 3.30. The third-order valence-electron chi connectivity index (χ3n) is 1.32. The average Bonchev–Trinajstić information content (AvgIpc) is 1.98. The van der Waals surface area contributed by atoms with Crippen LogP contribution in [0.2, 0.25) is 0 Å². The normalized spacial score (nSPS) is 12.1. The lowest BCUT2D eigenvalue weighted by Gasteiger charge is -1.98. The van der Waals surface area contributed by atoms with Gasteiger partial charge in [0.15, 0.2) is 0 Å². The number of rotatable bonds is 5. The molecule has 0 bridgehead atoms. The third kappa shape index (κ3) is 6.17. The van der Waals surface area contributed by atoms with Crippen LogP contribution in [0, 0.1) is 0 Å². The average molecular weight is 159 g/mol. The van der Waals surface area contributed by atoms with Crippen molar-refractivity contribution in [3.8, 4) is 0 Å². The van der Waals surface area contributed by atoms with Gasteiger partial charge in [-0.1, -0.05) is 11.6 Å². The second-order valence-electron chi connectivity index (χ2n) is 2.33. The molecule has 0 aromatic rings. The molecule has 0 spiro atoms. The Hall–Kier alpha value is 0.0500. The molecule has 0 fully saturated rings. The molecule has 60 valence electrons. The van der Waals surface area contributed by atoms with E-state index in [1.54, 1.807) is 0 Å². The van der Waals surface area contributed by atoms with Gasteiger partial charge < -0.3 is 5.73 Å². The number of hydrogen-bond donors (Lipinski definition) is 1. The van der Waals surface area contributed by atoms with E-state index in [0.29, 0.717) is 0 Å². The summed E-state index contributed by atoms with van der Waals surface area (Å²) in [4.78, 5) is 0. The maximum absolute atomic E-state index is 5.35. The highest BCUT2D eigenvalue weighted by Crippen LogP contribution is 2.07. The molecule has 0 aliphatic rings. The molecule has 1 nitrogen and oxygen atoms in total. The van der Waals surface area contributed by atoms with Crippen molar-refractivity contribution in [1.82, 2.24) is 0 Å². The lowest BCUT2D eigenvalue weighted by Crippen LogP contribution is -1.99. The maximum atomic E-state index is 5.35. The van der Waals surface area contributed by atoms with Crippen LogP contribution in [0.25, 0.3) is 0 Å². The molecule has 0 heterocycles. The van der Waals surface area contributed by atoms with Gasteiger partial charge in [0.05, 0.1) is 0 Å². The molecule has 0 aliphatic carbocycles. The van der Waals surface area contributed by atoms with Crippen molar-refractivity contribution < 1.29 is 0 Å². The fourth-order valence-corrected chi connectivity index (χ4v) is 1.51. The van der Waals surface area contributed by atoms with E-state index < -0.39 is 0 Å². The predicted molar refractivity (Wildman–Crippen MR) is 50.4 cm³/mol. The minimum Gasteiger partial charge on any atom is -0.330 e. The van der Waals surface area contributed by atoms with Crippen LogP contribution in [0.5, 0.6) is 0 Å². The van der Waals surface area contributed by atoms with E-state index in [2.05, 4.69) is 19.9 Å². The van der Waals surface area contributed by atoms with Crippen molar-refractivity contribution in [3.05, 3.63) is 11.6 Å². The van der Waals surface area contributed by atoms with Gasteiger partial charge in [0.2, 0.25) is 0 Å². The quantitative estimate of drug-likeness (QED) is 0.490. The van der Waals surface area contributed by atoms with E-state index in [1.807, 2.05) is 11.8 Å². The molecular weight excluding hydrogens is 142 g/mol. The molecule has 0 saturated heterocycles. The van der Waals surface area contributed by atoms with E-state index in [9.17, 15) is 0 Å². The Balaban J connectivity index is 3.04. The molecule has 0 amide bonds. The van der Waals surface area contributed by atoms with Crippen LogP contribution in [-0.4, -0.2) is 18.1 Å². The third-order valence-corrected chi connectivity index (χ3v) is 2.55. The van der Waals surface area contributed by atoms with Crippen LogP contribution in [0.1, 0.15) is 20.3 Å². The molecule has 2 N–H and O–H groups in total. The molecule has 2 heteroatoms. The molecule has 0 atom stereocenters. The van der Waals surface area contributed by atoms with Gasteiger partial charge in [-0.2, -0.15) is 11.8 Å². The number of hydrogen-bond acceptors (Lipinski definition) is 2. The second-order valence-corrected chi connectivity index (χ2v) is 3.44. The Morgan fingerprint density at radius 2 is 2.30 bits per heavy atom. The van der Waals surface area contributed by atoms with Crippen molar-refractivity contribution >= 4 is 11.8 Å². The first-order chi connectivity index (χ1) is 4.81. The fourth-order valence-electron chi connectivity index (χ4n) is 0.502. The van der Waals surface area contributed by atoms with Gasteiger partial charge in [-0.3, -0.25) is 0 Å². The largest absolute Gasteiger partial charge is 0.330 e. The first-order valence-electron chi connectivity index (χ1n) is 3.71. The lowest BCUT2D eigenvalue weighted by atomic mass is 10.3. The first-order valence-corrected chi connectivity index (χ1v) is 4.86. The van der Waals surface area contributed by atoms with Gasteiger partial charge in [-0.05, 0) is 32.6 Å². The molecule has 0 radical (unpaired) electrons. The Kier molecular flexibility index (Phi) is 7.20. The summed E-state index contributed by atoms with van der Waals surface area (Å²) in [5.74, 6) is 2.36. The first kappa shape index (κ1) is 10.0. The monoisotopic (exact) mass is 159 g/mol. The summed E-state index contributed by atoms with van der Waals surface area (Å²) in [5, 5.41) is 0. The Morgan fingerprint density at radius 1 is 1.60 bits per heavy atom. The molecule has 0 saturated carbocycles. The standard InChI is InChI=1S/C8H17NS/c1-3-8(2)7-10-6-4-5-9/h3H,4-7,9H2,1-2H3. The van der Waals surface area contributed by atoms with Crippen molar-refractivity contribution in [2.45, 2.75) is 20.3 Å². The van der Waals surface area contributed by atoms with Crippen LogP contribution in [-0.2, 0) is 0 Å². The second kappa shape index (κ2) is 7.16. The van der Waals surface area contributed by atoms with Crippen molar-refractivity contribution in [2.75, 3.05) is 18.1 Å². The van der Waals surface area contributed by atoms with Crippen molar-refractivity contribution in [2.24, 2.45) is 5.73 Å².